The second-order valence-electron chi connectivity index (χ2n) is 7.31. The summed E-state index contributed by atoms with van der Waals surface area (Å²) in [5.41, 5.74) is 4.69. The first-order valence-electron chi connectivity index (χ1n) is 9.56. The van der Waals surface area contributed by atoms with Gasteiger partial charge in [0.25, 0.3) is 5.91 Å². The molecule has 1 aliphatic heterocycles. The molecule has 2 aromatic carbocycles. The third-order valence-electron chi connectivity index (χ3n) is 5.34. The molecule has 0 bridgehead atoms. The van der Waals surface area contributed by atoms with Crippen molar-refractivity contribution in [1.29, 1.82) is 0 Å². The zero-order chi connectivity index (χ0) is 19.1. The van der Waals surface area contributed by atoms with Gasteiger partial charge in [-0.05, 0) is 49.6 Å². The van der Waals surface area contributed by atoms with Gasteiger partial charge >= 0.3 is 0 Å². The highest BCUT2D eigenvalue weighted by Gasteiger charge is 2.33. The molecule has 1 N–H and O–H groups in total. The van der Waals surface area contributed by atoms with Crippen LogP contribution in [0.2, 0.25) is 0 Å². The van der Waals surface area contributed by atoms with Crippen molar-refractivity contribution in [3.8, 4) is 5.69 Å². The first-order chi connectivity index (χ1) is 13.7. The van der Waals surface area contributed by atoms with E-state index in [0.29, 0.717) is 5.56 Å². The number of aromatic amines is 1. The summed E-state index contributed by atoms with van der Waals surface area (Å²) in [5, 5.41) is 4.37. The Hall–Kier alpha value is -3.41. The van der Waals surface area contributed by atoms with Crippen LogP contribution in [-0.2, 0) is 0 Å². The van der Waals surface area contributed by atoms with Gasteiger partial charge in [-0.3, -0.25) is 4.79 Å². The molecule has 4 aromatic rings. The zero-order valence-corrected chi connectivity index (χ0v) is 15.7. The average molecular weight is 371 g/mol. The number of hydrogen-bond donors (Lipinski definition) is 1. The maximum absolute atomic E-state index is 13.2. The Morgan fingerprint density at radius 2 is 2.04 bits per heavy atom. The maximum atomic E-state index is 13.2. The molecule has 0 saturated carbocycles. The lowest BCUT2D eigenvalue weighted by Gasteiger charge is -2.22. The molecule has 0 aliphatic carbocycles. The number of rotatable bonds is 3. The fraction of sp³-hybridized carbons (Fsp3) is 0.227. The number of hydrogen-bond acceptors (Lipinski definition) is 3. The predicted octanol–water partition coefficient (Wildman–Crippen LogP) is 4.03. The van der Waals surface area contributed by atoms with Crippen molar-refractivity contribution >= 4 is 16.9 Å². The molecule has 1 saturated heterocycles. The van der Waals surface area contributed by atoms with Crippen LogP contribution in [0.25, 0.3) is 16.7 Å². The highest BCUT2D eigenvalue weighted by molar-refractivity contribution is 5.94. The number of aryl methyl sites for hydroxylation is 1. The van der Waals surface area contributed by atoms with Gasteiger partial charge in [0, 0.05) is 12.7 Å². The lowest BCUT2D eigenvalue weighted by molar-refractivity contribution is 0.0730. The summed E-state index contributed by atoms with van der Waals surface area (Å²) >= 11 is 0. The van der Waals surface area contributed by atoms with Crippen molar-refractivity contribution in [3.63, 3.8) is 0 Å². The van der Waals surface area contributed by atoms with Gasteiger partial charge < -0.3 is 9.88 Å². The summed E-state index contributed by atoms with van der Waals surface area (Å²) in [4.78, 5) is 23.3. The van der Waals surface area contributed by atoms with Crippen molar-refractivity contribution in [1.82, 2.24) is 24.6 Å². The molecule has 0 unspecified atom stereocenters. The van der Waals surface area contributed by atoms with Crippen LogP contribution in [-0.4, -0.2) is 37.1 Å². The number of imidazole rings is 1. The lowest BCUT2D eigenvalue weighted by Crippen LogP contribution is -2.30. The number of carbonyl (C=O) groups is 1. The van der Waals surface area contributed by atoms with Gasteiger partial charge in [-0.1, -0.05) is 24.3 Å². The number of nitrogens with one attached hydrogen (secondary N) is 1. The van der Waals surface area contributed by atoms with Gasteiger partial charge in [0.2, 0.25) is 0 Å². The van der Waals surface area contributed by atoms with Gasteiger partial charge in [0.1, 0.15) is 5.82 Å². The van der Waals surface area contributed by atoms with Gasteiger partial charge in [0.05, 0.1) is 34.5 Å². The Bertz CT molecular complexity index is 1140. The van der Waals surface area contributed by atoms with E-state index in [1.54, 1.807) is 17.1 Å². The Morgan fingerprint density at radius 3 is 2.89 bits per heavy atom. The van der Waals surface area contributed by atoms with Crippen molar-refractivity contribution < 1.29 is 4.79 Å². The van der Waals surface area contributed by atoms with E-state index >= 15 is 0 Å². The Kier molecular flexibility index (Phi) is 3.97. The van der Waals surface area contributed by atoms with Gasteiger partial charge in [0.15, 0.2) is 0 Å². The summed E-state index contributed by atoms with van der Waals surface area (Å²) in [5.74, 6) is 0.864. The number of nitrogens with zero attached hydrogens (tertiary/aromatic N) is 4. The summed E-state index contributed by atoms with van der Waals surface area (Å²) in [6, 6.07) is 16.0. The number of amides is 1. The van der Waals surface area contributed by atoms with Crippen LogP contribution in [0.4, 0.5) is 0 Å². The van der Waals surface area contributed by atoms with Crippen LogP contribution in [0.5, 0.6) is 0 Å². The van der Waals surface area contributed by atoms with E-state index < -0.39 is 0 Å². The Labute approximate surface area is 162 Å². The molecular formula is C22H21N5O. The molecule has 6 nitrogen and oxygen atoms in total. The summed E-state index contributed by atoms with van der Waals surface area (Å²) < 4.78 is 1.74. The van der Waals surface area contributed by atoms with Gasteiger partial charge in [-0.25, -0.2) is 9.67 Å². The molecule has 1 fully saturated rings. The number of para-hydroxylation sites is 1. The van der Waals surface area contributed by atoms with Crippen LogP contribution >= 0.6 is 0 Å². The fourth-order valence-electron chi connectivity index (χ4n) is 3.92. The Morgan fingerprint density at radius 1 is 1.18 bits per heavy atom. The molecule has 3 heterocycles. The second-order valence-corrected chi connectivity index (χ2v) is 7.31. The van der Waals surface area contributed by atoms with Crippen LogP contribution in [0.3, 0.4) is 0 Å². The van der Waals surface area contributed by atoms with E-state index in [9.17, 15) is 4.79 Å². The van der Waals surface area contributed by atoms with Crippen molar-refractivity contribution in [2.75, 3.05) is 6.54 Å². The van der Waals surface area contributed by atoms with Crippen molar-refractivity contribution in [2.24, 2.45) is 0 Å². The molecule has 6 heteroatoms. The minimum atomic E-state index is -0.0275. The molecule has 140 valence electrons. The lowest BCUT2D eigenvalue weighted by atomic mass is 10.2. The normalized spacial score (nSPS) is 16.8. The highest BCUT2D eigenvalue weighted by Crippen LogP contribution is 2.32. The van der Waals surface area contributed by atoms with E-state index in [1.165, 1.54) is 5.56 Å². The van der Waals surface area contributed by atoms with Crippen LogP contribution in [0.15, 0.2) is 60.9 Å². The maximum Gasteiger partial charge on any atom is 0.257 e. The number of H-pyrrole nitrogens is 1. The number of aromatic nitrogens is 4. The van der Waals surface area contributed by atoms with Gasteiger partial charge in [-0.15, -0.1) is 0 Å². The summed E-state index contributed by atoms with van der Waals surface area (Å²) in [6.07, 6.45) is 5.33. The zero-order valence-electron chi connectivity index (χ0n) is 15.7. The molecule has 1 atom stereocenters. The third-order valence-corrected chi connectivity index (χ3v) is 5.34. The first-order valence-corrected chi connectivity index (χ1v) is 9.56. The fourth-order valence-corrected chi connectivity index (χ4v) is 3.92. The van der Waals surface area contributed by atoms with E-state index in [4.69, 9.17) is 4.98 Å². The average Bonchev–Trinajstić information content (AvgIpc) is 3.46. The van der Waals surface area contributed by atoms with Crippen LogP contribution in [0.1, 0.15) is 40.6 Å². The van der Waals surface area contributed by atoms with E-state index in [1.807, 2.05) is 41.3 Å². The molecule has 0 radical (unpaired) electrons. The summed E-state index contributed by atoms with van der Waals surface area (Å²) in [7, 11) is 0. The smallest absolute Gasteiger partial charge is 0.257 e. The second kappa shape index (κ2) is 6.64. The van der Waals surface area contributed by atoms with Gasteiger partial charge in [-0.2, -0.15) is 5.10 Å². The first kappa shape index (κ1) is 16.7. The molecule has 28 heavy (non-hydrogen) atoms. The van der Waals surface area contributed by atoms with Crippen molar-refractivity contribution in [2.45, 2.75) is 25.8 Å². The largest absolute Gasteiger partial charge is 0.340 e. The van der Waals surface area contributed by atoms with Crippen LogP contribution < -0.4 is 0 Å². The highest BCUT2D eigenvalue weighted by atomic mass is 16.2. The molecule has 1 amide bonds. The minimum absolute atomic E-state index is 0.00122. The van der Waals surface area contributed by atoms with E-state index in [0.717, 1.165) is 41.9 Å². The third kappa shape index (κ3) is 2.87. The SMILES string of the molecule is Cc1ccc2nc([C@H]3CCCN3C(=O)c3cnn(-c4ccccc4)c3)[nH]c2c1. The minimum Gasteiger partial charge on any atom is -0.340 e. The monoisotopic (exact) mass is 371 g/mol. The van der Waals surface area contributed by atoms with E-state index in [-0.39, 0.29) is 11.9 Å². The van der Waals surface area contributed by atoms with Crippen molar-refractivity contribution in [3.05, 3.63) is 77.9 Å². The number of likely N-dealkylation sites (tertiary alicyclic amines) is 1. The van der Waals surface area contributed by atoms with Crippen LogP contribution in [0, 0.1) is 6.92 Å². The predicted molar refractivity (Wildman–Crippen MR) is 107 cm³/mol. The standard InChI is InChI=1S/C22H21N5O/c1-15-9-10-18-19(12-15)25-21(24-18)20-8-5-11-26(20)22(28)16-13-23-27(14-16)17-6-3-2-4-7-17/h2-4,6-7,9-10,12-14,20H,5,8,11H2,1H3,(H,24,25)/t20-/m1/s1. The molecule has 5 rings (SSSR count). The number of fused-ring (bicyclic) bond motifs is 1. The molecule has 0 spiro atoms. The topological polar surface area (TPSA) is 66.8 Å². The molecular weight excluding hydrogens is 350 g/mol. The van der Waals surface area contributed by atoms with E-state index in [2.05, 4.69) is 29.1 Å². The number of benzene rings is 2. The molecule has 1 aliphatic rings. The number of carbonyl (C=O) groups excluding carboxylic acids is 1. The summed E-state index contributed by atoms with van der Waals surface area (Å²) in [6.45, 7) is 2.80. The Balaban J connectivity index is 1.43. The quantitative estimate of drug-likeness (QED) is 0.591. The molecule has 2 aromatic heterocycles.